The van der Waals surface area contributed by atoms with Crippen molar-refractivity contribution in [3.63, 3.8) is 0 Å². The molecule has 92 valence electrons. The van der Waals surface area contributed by atoms with Crippen molar-refractivity contribution < 1.29 is 9.50 Å². The largest absolute Gasteiger partial charge is 0.503 e. The van der Waals surface area contributed by atoms with Crippen LogP contribution in [0.25, 0.3) is 10.9 Å². The van der Waals surface area contributed by atoms with Gasteiger partial charge in [0, 0.05) is 18.1 Å². The lowest BCUT2D eigenvalue weighted by atomic mass is 10.1. The molecule has 1 aromatic heterocycles. The van der Waals surface area contributed by atoms with Gasteiger partial charge < -0.3 is 5.11 Å². The molecule has 0 saturated carbocycles. The molecule has 0 radical (unpaired) electrons. The fraction of sp³-hybridized carbons (Fsp3) is 0.214. The van der Waals surface area contributed by atoms with Crippen molar-refractivity contribution in [1.29, 1.82) is 0 Å². The van der Waals surface area contributed by atoms with Crippen molar-refractivity contribution in [1.82, 2.24) is 9.88 Å². The first kappa shape index (κ1) is 12.3. The molecule has 3 nitrogen and oxygen atoms in total. The van der Waals surface area contributed by atoms with E-state index in [2.05, 4.69) is 10.9 Å². The maximum atomic E-state index is 13.6. The Bertz CT molecular complexity index is 619. The van der Waals surface area contributed by atoms with E-state index in [-0.39, 0.29) is 5.52 Å². The van der Waals surface area contributed by atoms with E-state index >= 15 is 0 Å². The molecule has 4 heteroatoms. The van der Waals surface area contributed by atoms with Crippen LogP contribution >= 0.6 is 0 Å². The van der Waals surface area contributed by atoms with Crippen molar-refractivity contribution in [2.24, 2.45) is 0 Å². The minimum Gasteiger partial charge on any atom is -0.503 e. The molecular weight excluding hydrogens is 231 g/mol. The molecule has 2 aromatic rings. The van der Waals surface area contributed by atoms with Gasteiger partial charge in [0.2, 0.25) is 0 Å². The lowest BCUT2D eigenvalue weighted by Gasteiger charge is -2.15. The molecule has 0 unspecified atom stereocenters. The lowest BCUT2D eigenvalue weighted by Crippen LogP contribution is -2.18. The Morgan fingerprint density at radius 3 is 3.06 bits per heavy atom. The van der Waals surface area contributed by atoms with Crippen LogP contribution in [-0.4, -0.2) is 28.6 Å². The van der Waals surface area contributed by atoms with Crippen LogP contribution in [0.5, 0.6) is 5.75 Å². The number of aromatic nitrogens is 1. The number of aromatic hydroxyl groups is 1. The zero-order chi connectivity index (χ0) is 13.1. The fourth-order valence-corrected chi connectivity index (χ4v) is 1.90. The first-order valence-corrected chi connectivity index (χ1v) is 5.50. The minimum absolute atomic E-state index is 0.279. The maximum Gasteiger partial charge on any atom is 0.178 e. The smallest absolute Gasteiger partial charge is 0.178 e. The van der Waals surface area contributed by atoms with Gasteiger partial charge in [0.05, 0.1) is 6.54 Å². The first-order valence-electron chi connectivity index (χ1n) is 5.50. The Morgan fingerprint density at radius 2 is 2.33 bits per heavy atom. The van der Waals surface area contributed by atoms with Crippen LogP contribution in [0.3, 0.4) is 0 Å². The van der Waals surface area contributed by atoms with E-state index < -0.39 is 11.6 Å². The molecule has 0 aliphatic carbocycles. The van der Waals surface area contributed by atoms with Gasteiger partial charge >= 0.3 is 0 Å². The minimum atomic E-state index is -0.662. The first-order chi connectivity index (χ1) is 8.63. The van der Waals surface area contributed by atoms with E-state index in [0.29, 0.717) is 13.1 Å². The molecule has 1 N–H and O–H groups in total. The Labute approximate surface area is 105 Å². The van der Waals surface area contributed by atoms with Crippen LogP contribution in [0.1, 0.15) is 5.56 Å². The molecule has 0 bridgehead atoms. The van der Waals surface area contributed by atoms with Crippen LogP contribution < -0.4 is 0 Å². The Balaban J connectivity index is 2.51. The van der Waals surface area contributed by atoms with Gasteiger partial charge in [-0.05, 0) is 24.7 Å². The van der Waals surface area contributed by atoms with Crippen LogP contribution in [0.4, 0.5) is 4.39 Å². The highest BCUT2D eigenvalue weighted by Crippen LogP contribution is 2.29. The second-order valence-electron chi connectivity index (χ2n) is 4.14. The summed E-state index contributed by atoms with van der Waals surface area (Å²) in [5, 5.41) is 10.4. The van der Waals surface area contributed by atoms with Crippen molar-refractivity contribution in [2.75, 3.05) is 13.6 Å². The number of halogens is 1. The van der Waals surface area contributed by atoms with Gasteiger partial charge in [-0.1, -0.05) is 12.0 Å². The molecular formula is C14H13FN2O. The summed E-state index contributed by atoms with van der Waals surface area (Å²) in [6.45, 7) is 0.980. The predicted octanol–water partition coefficient (Wildman–Crippen LogP) is 2.14. The van der Waals surface area contributed by atoms with Crippen LogP contribution in [0.15, 0.2) is 24.4 Å². The van der Waals surface area contributed by atoms with Crippen LogP contribution in [0.2, 0.25) is 0 Å². The number of pyridine rings is 1. The lowest BCUT2D eigenvalue weighted by molar-refractivity contribution is 0.369. The Morgan fingerprint density at radius 1 is 1.56 bits per heavy atom. The summed E-state index contributed by atoms with van der Waals surface area (Å²) in [7, 11) is 1.85. The van der Waals surface area contributed by atoms with E-state index in [4.69, 9.17) is 6.42 Å². The quantitative estimate of drug-likeness (QED) is 0.840. The summed E-state index contributed by atoms with van der Waals surface area (Å²) >= 11 is 0. The summed E-state index contributed by atoms with van der Waals surface area (Å²) < 4.78 is 13.6. The van der Waals surface area contributed by atoms with Gasteiger partial charge in [-0.25, -0.2) is 4.39 Å². The summed E-state index contributed by atoms with van der Waals surface area (Å²) in [6, 6.07) is 4.89. The highest BCUT2D eigenvalue weighted by atomic mass is 19.1. The number of fused-ring (bicyclic) bond motifs is 1. The number of phenolic OH excluding ortho intramolecular Hbond substituents is 1. The molecule has 0 atom stereocenters. The zero-order valence-corrected chi connectivity index (χ0v) is 10.0. The molecule has 1 aromatic carbocycles. The van der Waals surface area contributed by atoms with Gasteiger partial charge in [-0.2, -0.15) is 0 Å². The van der Waals surface area contributed by atoms with Crippen LogP contribution in [0, 0.1) is 18.2 Å². The standard InChI is InChI=1S/C14H13FN2O/c1-3-7-17(2)9-10-8-12(15)14(18)13-11(10)5-4-6-16-13/h1,4-6,8,18H,7,9H2,2H3. The predicted molar refractivity (Wildman–Crippen MR) is 68.5 cm³/mol. The molecule has 0 amide bonds. The topological polar surface area (TPSA) is 36.4 Å². The highest BCUT2D eigenvalue weighted by Gasteiger charge is 2.12. The third kappa shape index (κ3) is 2.27. The number of hydrogen-bond donors (Lipinski definition) is 1. The number of phenols is 1. The third-order valence-corrected chi connectivity index (χ3v) is 2.71. The molecule has 0 fully saturated rings. The van der Waals surface area contributed by atoms with Gasteiger partial charge in [0.25, 0.3) is 0 Å². The van der Waals surface area contributed by atoms with Crippen LogP contribution in [-0.2, 0) is 6.54 Å². The molecule has 18 heavy (non-hydrogen) atoms. The second-order valence-corrected chi connectivity index (χ2v) is 4.14. The average Bonchev–Trinajstić information content (AvgIpc) is 2.36. The van der Waals surface area contributed by atoms with Crippen molar-refractivity contribution >= 4 is 10.9 Å². The summed E-state index contributed by atoms with van der Waals surface area (Å²) in [6.07, 6.45) is 6.76. The summed E-state index contributed by atoms with van der Waals surface area (Å²) in [5.41, 5.74) is 1.03. The highest BCUT2D eigenvalue weighted by molar-refractivity contribution is 5.87. The number of rotatable bonds is 3. The fourth-order valence-electron chi connectivity index (χ4n) is 1.90. The van der Waals surface area contributed by atoms with E-state index in [9.17, 15) is 9.50 Å². The molecule has 0 saturated heterocycles. The van der Waals surface area contributed by atoms with Gasteiger partial charge in [-0.15, -0.1) is 6.42 Å². The van der Waals surface area contributed by atoms with E-state index in [1.165, 1.54) is 12.3 Å². The molecule has 0 aliphatic heterocycles. The van der Waals surface area contributed by atoms with Gasteiger partial charge in [0.1, 0.15) is 5.52 Å². The van der Waals surface area contributed by atoms with Crippen molar-refractivity contribution in [3.05, 3.63) is 35.8 Å². The van der Waals surface area contributed by atoms with Gasteiger partial charge in [-0.3, -0.25) is 9.88 Å². The van der Waals surface area contributed by atoms with E-state index in [1.807, 2.05) is 11.9 Å². The average molecular weight is 244 g/mol. The molecule has 2 rings (SSSR count). The normalized spacial score (nSPS) is 10.8. The number of benzene rings is 1. The zero-order valence-electron chi connectivity index (χ0n) is 10.0. The molecule has 1 heterocycles. The molecule has 0 aliphatic rings. The SMILES string of the molecule is C#CCN(C)Cc1cc(F)c(O)c2ncccc12. The second kappa shape index (κ2) is 5.03. The number of hydrogen-bond acceptors (Lipinski definition) is 3. The van der Waals surface area contributed by atoms with E-state index in [0.717, 1.165) is 10.9 Å². The third-order valence-electron chi connectivity index (χ3n) is 2.71. The monoisotopic (exact) mass is 244 g/mol. The summed E-state index contributed by atoms with van der Waals surface area (Å²) in [5.74, 6) is 1.46. The Hall–Kier alpha value is -2.12. The van der Waals surface area contributed by atoms with Crippen molar-refractivity contribution in [3.8, 4) is 18.1 Å². The number of terminal acetylenes is 1. The summed E-state index contributed by atoms with van der Waals surface area (Å²) in [4.78, 5) is 5.89. The van der Waals surface area contributed by atoms with Crippen molar-refractivity contribution in [2.45, 2.75) is 6.54 Å². The maximum absolute atomic E-state index is 13.6. The number of nitrogens with zero attached hydrogens (tertiary/aromatic N) is 2. The van der Waals surface area contributed by atoms with Gasteiger partial charge in [0.15, 0.2) is 11.6 Å². The van der Waals surface area contributed by atoms with E-state index in [1.54, 1.807) is 12.1 Å². The molecule has 0 spiro atoms. The Kier molecular flexibility index (Phi) is 3.45.